The number of benzene rings is 1. The lowest BCUT2D eigenvalue weighted by Crippen LogP contribution is -2.28. The van der Waals surface area contributed by atoms with E-state index in [1.807, 2.05) is 24.3 Å². The molecule has 0 bridgehead atoms. The van der Waals surface area contributed by atoms with Crippen LogP contribution in [0.2, 0.25) is 0 Å². The Morgan fingerprint density at radius 3 is 3.12 bits per heavy atom. The highest BCUT2D eigenvalue weighted by Gasteiger charge is 2.19. The van der Waals surface area contributed by atoms with Crippen LogP contribution < -0.4 is 10.6 Å². The predicted octanol–water partition coefficient (Wildman–Crippen LogP) is 3.83. The van der Waals surface area contributed by atoms with Crippen LogP contribution >= 0.6 is 0 Å². The number of hydrogen-bond acceptors (Lipinski definition) is 3. The molecular formula is C19H26N4O2. The molecule has 1 saturated carbocycles. The fourth-order valence-corrected chi connectivity index (χ4v) is 3.22. The number of carbonyl (C=O) groups is 1. The Balaban J connectivity index is 1.46. The van der Waals surface area contributed by atoms with Crippen molar-refractivity contribution in [2.45, 2.75) is 51.9 Å². The van der Waals surface area contributed by atoms with Gasteiger partial charge in [-0.3, -0.25) is 0 Å². The lowest BCUT2D eigenvalue weighted by atomic mass is 9.89. The van der Waals surface area contributed by atoms with Crippen LogP contribution in [0.15, 0.2) is 36.7 Å². The van der Waals surface area contributed by atoms with E-state index in [0.717, 1.165) is 35.8 Å². The molecule has 0 saturated heterocycles. The maximum absolute atomic E-state index is 12.0. The van der Waals surface area contributed by atoms with Gasteiger partial charge in [0, 0.05) is 18.1 Å². The number of H-pyrrole nitrogens is 1. The molecule has 1 aromatic carbocycles. The first kappa shape index (κ1) is 17.5. The number of imidazole rings is 1. The molecule has 1 aliphatic rings. The van der Waals surface area contributed by atoms with Crippen LogP contribution in [0.25, 0.3) is 0 Å². The largest absolute Gasteiger partial charge is 0.374 e. The number of hydrogen-bond donors (Lipinski definition) is 3. The van der Waals surface area contributed by atoms with Crippen LogP contribution in [0, 0.1) is 5.92 Å². The van der Waals surface area contributed by atoms with Gasteiger partial charge in [0.1, 0.15) is 5.82 Å². The van der Waals surface area contributed by atoms with Crippen molar-refractivity contribution in [2.24, 2.45) is 5.92 Å². The summed E-state index contributed by atoms with van der Waals surface area (Å²) in [5, 5.41) is 5.61. The third-order valence-corrected chi connectivity index (χ3v) is 4.53. The molecule has 1 aromatic heterocycles. The first-order valence-electron chi connectivity index (χ1n) is 8.92. The van der Waals surface area contributed by atoms with Crippen LogP contribution in [0.3, 0.4) is 0 Å². The van der Waals surface area contributed by atoms with E-state index in [-0.39, 0.29) is 6.03 Å². The molecule has 1 fully saturated rings. The first-order valence-corrected chi connectivity index (χ1v) is 8.92. The van der Waals surface area contributed by atoms with E-state index >= 15 is 0 Å². The van der Waals surface area contributed by atoms with Crippen molar-refractivity contribution in [3.05, 3.63) is 48.0 Å². The molecule has 6 nitrogen and oxygen atoms in total. The maximum Gasteiger partial charge on any atom is 0.319 e. The van der Waals surface area contributed by atoms with E-state index < -0.39 is 0 Å². The summed E-state index contributed by atoms with van der Waals surface area (Å²) in [6, 6.07) is 7.54. The average Bonchev–Trinajstić information content (AvgIpc) is 3.12. The summed E-state index contributed by atoms with van der Waals surface area (Å²) in [4.78, 5) is 19.0. The van der Waals surface area contributed by atoms with Gasteiger partial charge in [-0.2, -0.15) is 0 Å². The Morgan fingerprint density at radius 1 is 1.40 bits per heavy atom. The van der Waals surface area contributed by atoms with Crippen LogP contribution in [0.1, 0.15) is 44.0 Å². The summed E-state index contributed by atoms with van der Waals surface area (Å²) in [6.07, 6.45) is 8.61. The van der Waals surface area contributed by atoms with Gasteiger partial charge in [-0.25, -0.2) is 9.78 Å². The van der Waals surface area contributed by atoms with Crippen molar-refractivity contribution in [3.8, 4) is 0 Å². The van der Waals surface area contributed by atoms with Gasteiger partial charge in [0.05, 0.1) is 19.3 Å². The van der Waals surface area contributed by atoms with E-state index in [1.54, 1.807) is 12.4 Å². The van der Waals surface area contributed by atoms with Gasteiger partial charge in [-0.15, -0.1) is 0 Å². The van der Waals surface area contributed by atoms with Gasteiger partial charge in [-0.05, 0) is 36.5 Å². The molecule has 1 aliphatic carbocycles. The Morgan fingerprint density at radius 2 is 2.32 bits per heavy atom. The zero-order valence-corrected chi connectivity index (χ0v) is 14.6. The van der Waals surface area contributed by atoms with E-state index in [1.165, 1.54) is 12.8 Å². The molecular weight excluding hydrogens is 316 g/mol. The van der Waals surface area contributed by atoms with E-state index in [4.69, 9.17) is 4.74 Å². The number of carbonyl (C=O) groups excluding carboxylic acids is 1. The van der Waals surface area contributed by atoms with Gasteiger partial charge in [0.15, 0.2) is 0 Å². The average molecular weight is 342 g/mol. The molecule has 6 heteroatoms. The SMILES string of the molecule is C[C@@H]1CCC[C@H](OCc2cccc(NC(=O)NCc3ncc[nH]3)c2)C1. The summed E-state index contributed by atoms with van der Waals surface area (Å²) >= 11 is 0. The van der Waals surface area contributed by atoms with Gasteiger partial charge in [0.2, 0.25) is 0 Å². The third kappa shape index (κ3) is 5.60. The van der Waals surface area contributed by atoms with Crippen molar-refractivity contribution in [2.75, 3.05) is 5.32 Å². The molecule has 25 heavy (non-hydrogen) atoms. The molecule has 0 unspecified atom stereocenters. The van der Waals surface area contributed by atoms with Crippen molar-refractivity contribution in [1.29, 1.82) is 0 Å². The van der Waals surface area contributed by atoms with Crippen LogP contribution in [0.4, 0.5) is 10.5 Å². The molecule has 2 atom stereocenters. The topological polar surface area (TPSA) is 79.0 Å². The lowest BCUT2D eigenvalue weighted by Gasteiger charge is -2.26. The molecule has 3 N–H and O–H groups in total. The molecule has 2 amide bonds. The Bertz CT molecular complexity index is 672. The highest BCUT2D eigenvalue weighted by atomic mass is 16.5. The van der Waals surface area contributed by atoms with Gasteiger partial charge in [-0.1, -0.05) is 31.9 Å². The summed E-state index contributed by atoms with van der Waals surface area (Å²) in [7, 11) is 0. The zero-order chi connectivity index (χ0) is 17.5. The van der Waals surface area contributed by atoms with Crippen LogP contribution in [-0.4, -0.2) is 22.1 Å². The highest BCUT2D eigenvalue weighted by molar-refractivity contribution is 5.89. The fraction of sp³-hybridized carbons (Fsp3) is 0.474. The van der Waals surface area contributed by atoms with E-state index in [0.29, 0.717) is 19.3 Å². The molecule has 134 valence electrons. The molecule has 0 spiro atoms. The minimum absolute atomic E-state index is 0.254. The molecule has 2 aromatic rings. The van der Waals surface area contributed by atoms with Crippen LogP contribution in [-0.2, 0) is 17.9 Å². The van der Waals surface area contributed by atoms with Gasteiger partial charge < -0.3 is 20.4 Å². The third-order valence-electron chi connectivity index (χ3n) is 4.53. The van der Waals surface area contributed by atoms with Crippen molar-refractivity contribution >= 4 is 11.7 Å². The number of aromatic amines is 1. The molecule has 0 radical (unpaired) electrons. The Labute approximate surface area is 148 Å². The van der Waals surface area contributed by atoms with Crippen molar-refractivity contribution in [1.82, 2.24) is 15.3 Å². The summed E-state index contributed by atoms with van der Waals surface area (Å²) in [6.45, 7) is 3.24. The first-order chi connectivity index (χ1) is 12.2. The lowest BCUT2D eigenvalue weighted by molar-refractivity contribution is 0.00468. The number of anilines is 1. The second-order valence-corrected chi connectivity index (χ2v) is 6.75. The highest BCUT2D eigenvalue weighted by Crippen LogP contribution is 2.26. The minimum atomic E-state index is -0.254. The summed E-state index contributed by atoms with van der Waals surface area (Å²) in [5.74, 6) is 1.48. The summed E-state index contributed by atoms with van der Waals surface area (Å²) < 4.78 is 6.06. The van der Waals surface area contributed by atoms with E-state index in [2.05, 4.69) is 27.5 Å². The summed E-state index contributed by atoms with van der Waals surface area (Å²) in [5.41, 5.74) is 1.83. The number of nitrogens with zero attached hydrogens (tertiary/aromatic N) is 1. The normalized spacial score (nSPS) is 20.2. The Kier molecular flexibility index (Phi) is 6.06. The zero-order valence-electron chi connectivity index (χ0n) is 14.6. The van der Waals surface area contributed by atoms with Gasteiger partial charge >= 0.3 is 6.03 Å². The van der Waals surface area contributed by atoms with Crippen LogP contribution in [0.5, 0.6) is 0 Å². The molecule has 1 heterocycles. The molecule has 3 rings (SSSR count). The number of amides is 2. The Hall–Kier alpha value is -2.34. The van der Waals surface area contributed by atoms with E-state index in [9.17, 15) is 4.79 Å². The van der Waals surface area contributed by atoms with Crippen molar-refractivity contribution < 1.29 is 9.53 Å². The predicted molar refractivity (Wildman–Crippen MR) is 97.1 cm³/mol. The fourth-order valence-electron chi connectivity index (χ4n) is 3.22. The standard InChI is InChI=1S/C19H26N4O2/c1-14-4-2-7-17(10-14)25-13-15-5-3-6-16(11-15)23-19(24)22-12-18-20-8-9-21-18/h3,5-6,8-9,11,14,17H,2,4,7,10,12-13H2,1H3,(H,20,21)(H2,22,23,24)/t14-,17+/m1/s1. The quantitative estimate of drug-likeness (QED) is 0.746. The van der Waals surface area contributed by atoms with Crippen molar-refractivity contribution in [3.63, 3.8) is 0 Å². The minimum Gasteiger partial charge on any atom is -0.374 e. The number of ether oxygens (including phenoxy) is 1. The maximum atomic E-state index is 12.0. The smallest absolute Gasteiger partial charge is 0.319 e. The number of rotatable bonds is 6. The second kappa shape index (κ2) is 8.67. The second-order valence-electron chi connectivity index (χ2n) is 6.75. The van der Waals surface area contributed by atoms with Gasteiger partial charge in [0.25, 0.3) is 0 Å². The molecule has 0 aliphatic heterocycles. The monoisotopic (exact) mass is 342 g/mol. The number of aromatic nitrogens is 2. The number of urea groups is 1. The number of nitrogens with one attached hydrogen (secondary N) is 3.